The molecule has 0 radical (unpaired) electrons. The van der Waals surface area contributed by atoms with E-state index in [1.54, 1.807) is 7.05 Å². The normalized spacial score (nSPS) is 11.8. The summed E-state index contributed by atoms with van der Waals surface area (Å²) in [5.74, 6) is -1.52. The summed E-state index contributed by atoms with van der Waals surface area (Å²) in [5.41, 5.74) is 5.60. The number of nitrogens with zero attached hydrogens (tertiary/aromatic N) is 5. The molecule has 33 heavy (non-hydrogen) atoms. The third-order valence-electron chi connectivity index (χ3n) is 3.28. The molecule has 0 saturated heterocycles. The number of alkyl halides is 3. The van der Waals surface area contributed by atoms with Crippen molar-refractivity contribution in [3.63, 3.8) is 0 Å². The number of rotatable bonds is 9. The highest BCUT2D eigenvalue weighted by Crippen LogP contribution is 2.14. The molecule has 12 nitrogen and oxygen atoms in total. The highest BCUT2D eigenvalue weighted by molar-refractivity contribution is 5.93. The Balaban J connectivity index is 0.00000109. The summed E-state index contributed by atoms with van der Waals surface area (Å²) in [6.07, 6.45) is 2.49. The Kier molecular flexibility index (Phi) is 13.6. The van der Waals surface area contributed by atoms with Crippen LogP contribution in [0.25, 0.3) is 0 Å². The van der Waals surface area contributed by atoms with E-state index in [1.165, 1.54) is 18.5 Å². The van der Waals surface area contributed by atoms with Crippen LogP contribution < -0.4 is 16.4 Å². The number of aromatic nitrogens is 2. The molecule has 0 aliphatic carbocycles. The monoisotopic (exact) mass is 472 g/mol. The number of nitrogens with one attached hydrogen (secondary N) is 2. The summed E-state index contributed by atoms with van der Waals surface area (Å²) in [5, 5.41) is 28.8. The van der Waals surface area contributed by atoms with Crippen LogP contribution in [0.4, 0.5) is 19.0 Å². The van der Waals surface area contributed by atoms with E-state index in [-0.39, 0.29) is 11.8 Å². The predicted octanol–water partition coefficient (Wildman–Crippen LogP) is 1.29. The number of carbonyl (C=O) groups is 2. The number of aliphatic imine (C=N–C) groups is 2. The minimum absolute atomic E-state index is 0.239. The maximum atomic E-state index is 12.2. The van der Waals surface area contributed by atoms with Crippen LogP contribution in [0.2, 0.25) is 0 Å². The maximum absolute atomic E-state index is 12.2. The summed E-state index contributed by atoms with van der Waals surface area (Å²) in [7, 11) is 1.63. The largest absolute Gasteiger partial charge is 0.478 e. The molecule has 0 unspecified atom stereocenters. The number of hydrogen-bond donors (Lipinski definition) is 5. The number of nitrogens with two attached hydrogens (primary N) is 1. The standard InChI is InChI=1S/C14H19F3N8.C4H4O4/c1-20-10(19)4-2-3-5-11-21-7-6-12(24-11)25-13(23-9-18)22-8-14(15,16)17;5-3(6)1-2-4(7)8/h6-7H,2-5,8H2,1H3,(H2,19,20)(H2,21,22,23,24,25);1-2H,(H,5,6)(H,7,8). The Morgan fingerprint density at radius 1 is 1.27 bits per heavy atom. The van der Waals surface area contributed by atoms with Crippen LogP contribution >= 0.6 is 0 Å². The van der Waals surface area contributed by atoms with E-state index in [4.69, 9.17) is 21.2 Å². The summed E-state index contributed by atoms with van der Waals surface area (Å²) in [4.78, 5) is 34.5. The fourth-order valence-corrected chi connectivity index (χ4v) is 1.89. The van der Waals surface area contributed by atoms with E-state index >= 15 is 0 Å². The zero-order chi connectivity index (χ0) is 25.3. The Hall–Kier alpha value is -4.22. The Morgan fingerprint density at radius 2 is 1.91 bits per heavy atom. The molecule has 0 saturated carbocycles. The molecule has 180 valence electrons. The summed E-state index contributed by atoms with van der Waals surface area (Å²) in [6, 6.07) is 1.47. The predicted molar refractivity (Wildman–Crippen MR) is 112 cm³/mol. The first-order valence-corrected chi connectivity index (χ1v) is 9.17. The average molecular weight is 472 g/mol. The molecule has 0 aliphatic heterocycles. The Bertz CT molecular complexity index is 895. The molecule has 6 N–H and O–H groups in total. The summed E-state index contributed by atoms with van der Waals surface area (Å²) < 4.78 is 36.7. The van der Waals surface area contributed by atoms with E-state index in [0.717, 1.165) is 12.8 Å². The van der Waals surface area contributed by atoms with E-state index in [9.17, 15) is 22.8 Å². The van der Waals surface area contributed by atoms with Crippen molar-refractivity contribution in [1.29, 1.82) is 5.26 Å². The fraction of sp³-hybridized carbons (Fsp3) is 0.389. The highest BCUT2D eigenvalue weighted by Gasteiger charge is 2.26. The highest BCUT2D eigenvalue weighted by atomic mass is 19.4. The third kappa shape index (κ3) is 17.2. The first-order valence-electron chi connectivity index (χ1n) is 9.17. The van der Waals surface area contributed by atoms with Gasteiger partial charge in [0.15, 0.2) is 6.19 Å². The van der Waals surface area contributed by atoms with Crippen molar-refractivity contribution in [3.8, 4) is 6.19 Å². The quantitative estimate of drug-likeness (QED) is 0.0871. The lowest BCUT2D eigenvalue weighted by atomic mass is 10.2. The first kappa shape index (κ1) is 28.8. The van der Waals surface area contributed by atoms with Crippen LogP contribution in [0, 0.1) is 11.5 Å². The van der Waals surface area contributed by atoms with E-state index in [2.05, 4.69) is 30.6 Å². The molecule has 1 heterocycles. The van der Waals surface area contributed by atoms with Gasteiger partial charge in [-0.2, -0.15) is 18.4 Å². The van der Waals surface area contributed by atoms with Crippen LogP contribution in [-0.4, -0.2) is 63.7 Å². The van der Waals surface area contributed by atoms with Crippen molar-refractivity contribution >= 4 is 29.6 Å². The Morgan fingerprint density at radius 3 is 2.42 bits per heavy atom. The molecular formula is C18H23F3N8O4. The minimum Gasteiger partial charge on any atom is -0.478 e. The zero-order valence-corrected chi connectivity index (χ0v) is 17.5. The second kappa shape index (κ2) is 15.6. The number of aryl methyl sites for hydroxylation is 1. The fourth-order valence-electron chi connectivity index (χ4n) is 1.89. The van der Waals surface area contributed by atoms with Crippen LogP contribution in [-0.2, 0) is 16.0 Å². The second-order valence-electron chi connectivity index (χ2n) is 5.93. The van der Waals surface area contributed by atoms with Crippen molar-refractivity contribution in [2.24, 2.45) is 15.7 Å². The van der Waals surface area contributed by atoms with Crippen molar-refractivity contribution < 1.29 is 33.0 Å². The second-order valence-corrected chi connectivity index (χ2v) is 5.93. The number of carboxylic acid groups (broad SMARTS) is 2. The molecule has 0 spiro atoms. The van der Waals surface area contributed by atoms with Crippen LogP contribution in [0.5, 0.6) is 0 Å². The lowest BCUT2D eigenvalue weighted by Gasteiger charge is -2.09. The molecule has 0 amide bonds. The molecule has 0 aromatic carbocycles. The number of unbranched alkanes of at least 4 members (excludes halogenated alkanes) is 1. The molecule has 1 aromatic heterocycles. The molecular weight excluding hydrogens is 449 g/mol. The lowest BCUT2D eigenvalue weighted by molar-refractivity contribution is -0.134. The van der Waals surface area contributed by atoms with Gasteiger partial charge < -0.3 is 21.3 Å². The van der Waals surface area contributed by atoms with E-state index in [0.29, 0.717) is 36.7 Å². The molecule has 0 fully saturated rings. The molecule has 0 bridgehead atoms. The lowest BCUT2D eigenvalue weighted by Crippen LogP contribution is -2.29. The van der Waals surface area contributed by atoms with E-state index < -0.39 is 24.7 Å². The number of halogens is 3. The van der Waals surface area contributed by atoms with Crippen LogP contribution in [0.3, 0.4) is 0 Å². The van der Waals surface area contributed by atoms with Gasteiger partial charge in [-0.15, -0.1) is 0 Å². The van der Waals surface area contributed by atoms with Gasteiger partial charge in [0.2, 0.25) is 5.96 Å². The van der Waals surface area contributed by atoms with Crippen molar-refractivity contribution in [2.75, 3.05) is 18.9 Å². The maximum Gasteiger partial charge on any atom is 0.408 e. The van der Waals surface area contributed by atoms with Gasteiger partial charge in [0.1, 0.15) is 18.2 Å². The number of aliphatic carboxylic acids is 2. The van der Waals surface area contributed by atoms with Gasteiger partial charge >= 0.3 is 18.1 Å². The number of hydrogen-bond acceptors (Lipinski definition) is 7. The van der Waals surface area contributed by atoms with Gasteiger partial charge in [-0.25, -0.2) is 24.5 Å². The van der Waals surface area contributed by atoms with Crippen molar-refractivity contribution in [3.05, 3.63) is 30.2 Å². The van der Waals surface area contributed by atoms with Gasteiger partial charge in [0.05, 0.1) is 5.84 Å². The smallest absolute Gasteiger partial charge is 0.408 e. The van der Waals surface area contributed by atoms with E-state index in [1.807, 2.05) is 0 Å². The van der Waals surface area contributed by atoms with Gasteiger partial charge in [-0.05, 0) is 18.9 Å². The third-order valence-corrected chi connectivity index (χ3v) is 3.28. The van der Waals surface area contributed by atoms with Crippen molar-refractivity contribution in [2.45, 2.75) is 31.9 Å². The number of carboxylic acids is 2. The number of amidine groups is 1. The zero-order valence-electron chi connectivity index (χ0n) is 17.5. The number of guanidine groups is 1. The molecule has 1 aromatic rings. The molecule has 1 rings (SSSR count). The topological polar surface area (TPSA) is 199 Å². The number of anilines is 1. The summed E-state index contributed by atoms with van der Waals surface area (Å²) >= 11 is 0. The Labute approximate surface area is 186 Å². The van der Waals surface area contributed by atoms with Crippen molar-refractivity contribution in [1.82, 2.24) is 15.3 Å². The van der Waals surface area contributed by atoms with Gasteiger partial charge in [0, 0.05) is 38.2 Å². The minimum atomic E-state index is -4.47. The van der Waals surface area contributed by atoms with Gasteiger partial charge in [-0.1, -0.05) is 0 Å². The average Bonchev–Trinajstić information content (AvgIpc) is 2.74. The first-order chi connectivity index (χ1) is 15.5. The SMILES string of the molecule is CN=C(N)CCCCc1nccc(NC(=NCC(F)(F)F)NC#N)n1.O=C(O)C=CC(=O)O. The van der Waals surface area contributed by atoms with Gasteiger partial charge in [0.25, 0.3) is 0 Å². The molecule has 0 atom stereocenters. The summed E-state index contributed by atoms with van der Waals surface area (Å²) in [6.45, 7) is -1.41. The van der Waals surface area contributed by atoms with Gasteiger partial charge in [-0.3, -0.25) is 10.3 Å². The number of nitriles is 1. The molecule has 0 aliphatic rings. The van der Waals surface area contributed by atoms with Crippen LogP contribution in [0.1, 0.15) is 25.1 Å². The van der Waals surface area contributed by atoms with Crippen LogP contribution in [0.15, 0.2) is 34.4 Å². The molecule has 15 heteroatoms.